The van der Waals surface area contributed by atoms with Crippen LogP contribution in [0.25, 0.3) is 22.3 Å². The number of hydrogen-bond acceptors (Lipinski definition) is 4. The van der Waals surface area contributed by atoms with Crippen molar-refractivity contribution in [1.29, 1.82) is 5.26 Å². The van der Waals surface area contributed by atoms with Gasteiger partial charge in [0.15, 0.2) is 11.5 Å². The maximum absolute atomic E-state index is 10.0. The van der Waals surface area contributed by atoms with Gasteiger partial charge < -0.3 is 9.64 Å². The smallest absolute Gasteiger partial charge is 0.151 e. The van der Waals surface area contributed by atoms with Gasteiger partial charge in [0.2, 0.25) is 0 Å². The second-order valence-electron chi connectivity index (χ2n) is 10.7. The summed E-state index contributed by atoms with van der Waals surface area (Å²) >= 11 is 0. The van der Waals surface area contributed by atoms with Gasteiger partial charge in [0.25, 0.3) is 0 Å². The first-order chi connectivity index (χ1) is 20.3. The van der Waals surface area contributed by atoms with Crippen molar-refractivity contribution in [3.63, 3.8) is 0 Å². The fourth-order valence-corrected chi connectivity index (χ4v) is 7.19. The lowest BCUT2D eigenvalue weighted by molar-refractivity contribution is 0.473. The molecular weight excluding hydrogens is 502 g/mol. The Bertz CT molecular complexity index is 2110. The van der Waals surface area contributed by atoms with E-state index in [-0.39, 0.29) is 0 Å². The van der Waals surface area contributed by atoms with Crippen LogP contribution in [0.1, 0.15) is 27.8 Å². The van der Waals surface area contributed by atoms with E-state index >= 15 is 0 Å². The number of fused-ring (bicyclic) bond motifs is 11. The van der Waals surface area contributed by atoms with Crippen LogP contribution in [0.5, 0.6) is 11.5 Å². The Morgan fingerprint density at radius 1 is 0.610 bits per heavy atom. The summed E-state index contributed by atoms with van der Waals surface area (Å²) in [5, 5.41) is 10.0. The molecule has 0 amide bonds. The third kappa shape index (κ3) is 2.75. The van der Waals surface area contributed by atoms with E-state index in [1.54, 1.807) is 0 Å². The molecule has 0 saturated heterocycles. The van der Waals surface area contributed by atoms with Crippen LogP contribution in [0.2, 0.25) is 0 Å². The Kier molecular flexibility index (Phi) is 4.30. The monoisotopic (exact) mass is 523 g/mol. The molecule has 1 aromatic heterocycles. The lowest BCUT2D eigenvalue weighted by atomic mass is 9.64. The fraction of sp³-hybridized carbons (Fsp3) is 0.0270. The number of pyridine rings is 1. The van der Waals surface area contributed by atoms with Crippen LogP contribution < -0.4 is 9.64 Å². The average Bonchev–Trinajstić information content (AvgIpc) is 3.32. The second-order valence-corrected chi connectivity index (χ2v) is 10.7. The van der Waals surface area contributed by atoms with E-state index in [1.165, 1.54) is 16.7 Å². The molecule has 5 aromatic carbocycles. The van der Waals surface area contributed by atoms with Gasteiger partial charge in [0.1, 0.15) is 0 Å². The van der Waals surface area contributed by atoms with Gasteiger partial charge in [0.05, 0.1) is 34.1 Å². The van der Waals surface area contributed by atoms with Crippen LogP contribution in [-0.4, -0.2) is 4.98 Å². The summed E-state index contributed by atoms with van der Waals surface area (Å²) in [4.78, 5) is 6.56. The minimum absolute atomic E-state index is 0.623. The van der Waals surface area contributed by atoms with Crippen molar-refractivity contribution in [3.8, 4) is 39.8 Å². The van der Waals surface area contributed by atoms with E-state index in [1.807, 2.05) is 42.7 Å². The largest absolute Gasteiger partial charge is 0.453 e. The first-order valence-corrected chi connectivity index (χ1v) is 13.7. The highest BCUT2D eigenvalue weighted by Crippen LogP contribution is 2.66. The van der Waals surface area contributed by atoms with Crippen LogP contribution in [-0.2, 0) is 5.41 Å². The highest BCUT2D eigenvalue weighted by atomic mass is 16.5. The number of para-hydroxylation sites is 4. The lowest BCUT2D eigenvalue weighted by Crippen LogP contribution is -2.37. The van der Waals surface area contributed by atoms with Gasteiger partial charge in [-0.05, 0) is 99.1 Å². The molecule has 190 valence electrons. The molecule has 0 N–H and O–H groups in total. The van der Waals surface area contributed by atoms with Gasteiger partial charge in [-0.2, -0.15) is 5.26 Å². The van der Waals surface area contributed by atoms with Crippen LogP contribution in [0.4, 0.5) is 17.1 Å². The molecule has 2 aliphatic heterocycles. The van der Waals surface area contributed by atoms with Crippen LogP contribution >= 0.6 is 0 Å². The molecule has 6 aromatic rings. The Balaban J connectivity index is 1.43. The minimum Gasteiger partial charge on any atom is -0.453 e. The zero-order chi connectivity index (χ0) is 27.1. The molecule has 3 aliphatic rings. The molecule has 0 fully saturated rings. The lowest BCUT2D eigenvalue weighted by Gasteiger charge is -2.47. The highest BCUT2D eigenvalue weighted by Gasteiger charge is 2.53. The number of ether oxygens (including phenoxy) is 1. The van der Waals surface area contributed by atoms with Crippen molar-refractivity contribution >= 4 is 17.1 Å². The molecule has 0 radical (unpaired) electrons. The molecule has 41 heavy (non-hydrogen) atoms. The molecule has 1 aliphatic carbocycles. The number of hydrogen-bond donors (Lipinski definition) is 0. The van der Waals surface area contributed by atoms with Gasteiger partial charge >= 0.3 is 0 Å². The van der Waals surface area contributed by atoms with E-state index in [2.05, 4.69) is 101 Å². The van der Waals surface area contributed by atoms with Crippen molar-refractivity contribution in [1.82, 2.24) is 4.98 Å². The fourth-order valence-electron chi connectivity index (χ4n) is 7.19. The summed E-state index contributed by atoms with van der Waals surface area (Å²) in [6.45, 7) is 0. The molecule has 0 bridgehead atoms. The van der Waals surface area contributed by atoms with Gasteiger partial charge in [-0.25, -0.2) is 0 Å². The first-order valence-electron chi connectivity index (χ1n) is 13.7. The predicted molar refractivity (Wildman–Crippen MR) is 160 cm³/mol. The number of rotatable bonds is 1. The Morgan fingerprint density at radius 3 is 2.27 bits per heavy atom. The molecular formula is C37H21N3O. The SMILES string of the molecule is N#Cc1ccc2c(c1)C1(c3ccc(-c4ccncc4)cc3-2)c2ccccc2N2c3ccccc3Oc3cccc1c32. The number of aromatic nitrogens is 1. The quantitative estimate of drug-likeness (QED) is 0.216. The van der Waals surface area contributed by atoms with Crippen LogP contribution in [0.3, 0.4) is 0 Å². The Hall–Kier alpha value is -5.66. The number of nitriles is 1. The normalized spacial score (nSPS) is 16.5. The van der Waals surface area contributed by atoms with Crippen molar-refractivity contribution in [3.05, 3.63) is 155 Å². The van der Waals surface area contributed by atoms with Crippen LogP contribution in [0, 0.1) is 11.3 Å². The first kappa shape index (κ1) is 22.2. The molecule has 3 heterocycles. The Labute approximate surface area is 237 Å². The molecule has 0 saturated carbocycles. The molecule has 1 unspecified atom stereocenters. The third-order valence-electron chi connectivity index (χ3n) is 8.78. The highest BCUT2D eigenvalue weighted by molar-refractivity contribution is 6.00. The molecule has 1 atom stereocenters. The Morgan fingerprint density at radius 2 is 1.39 bits per heavy atom. The summed E-state index contributed by atoms with van der Waals surface area (Å²) in [7, 11) is 0. The number of anilines is 3. The van der Waals surface area contributed by atoms with E-state index in [0.717, 1.165) is 56.4 Å². The topological polar surface area (TPSA) is 49.2 Å². The zero-order valence-corrected chi connectivity index (χ0v) is 21.9. The van der Waals surface area contributed by atoms with Gasteiger partial charge in [-0.3, -0.25) is 4.98 Å². The summed E-state index contributed by atoms with van der Waals surface area (Å²) in [6, 6.07) is 42.7. The molecule has 9 rings (SSSR count). The maximum atomic E-state index is 10.0. The third-order valence-corrected chi connectivity index (χ3v) is 8.78. The minimum atomic E-state index is -0.623. The second kappa shape index (κ2) is 7.94. The number of nitrogens with zero attached hydrogens (tertiary/aromatic N) is 3. The van der Waals surface area contributed by atoms with E-state index in [9.17, 15) is 5.26 Å². The molecule has 4 heteroatoms. The van der Waals surface area contributed by atoms with Crippen molar-refractivity contribution in [2.24, 2.45) is 0 Å². The zero-order valence-electron chi connectivity index (χ0n) is 21.9. The molecule has 1 spiro atoms. The van der Waals surface area contributed by atoms with Crippen molar-refractivity contribution in [2.75, 3.05) is 4.90 Å². The standard InChI is InChI=1S/C37H21N3O/c38-22-23-12-14-26-27-21-25(24-16-18-39-19-17-24)13-15-28(27)37(31(26)20-23)29-6-1-2-8-32(29)40-33-9-3-4-10-34(33)41-35-11-5-7-30(37)36(35)40/h1-21H. The molecule has 4 nitrogen and oxygen atoms in total. The van der Waals surface area contributed by atoms with E-state index in [4.69, 9.17) is 4.74 Å². The van der Waals surface area contributed by atoms with Crippen LogP contribution in [0.15, 0.2) is 128 Å². The summed E-state index contributed by atoms with van der Waals surface area (Å²) < 4.78 is 6.54. The number of benzene rings is 5. The van der Waals surface area contributed by atoms with E-state index < -0.39 is 5.41 Å². The summed E-state index contributed by atoms with van der Waals surface area (Å²) in [5.41, 5.74) is 12.5. The van der Waals surface area contributed by atoms with Gasteiger partial charge in [-0.15, -0.1) is 0 Å². The van der Waals surface area contributed by atoms with Gasteiger partial charge in [0, 0.05) is 12.4 Å². The van der Waals surface area contributed by atoms with E-state index in [0.29, 0.717) is 5.56 Å². The van der Waals surface area contributed by atoms with Crippen molar-refractivity contribution in [2.45, 2.75) is 5.41 Å². The van der Waals surface area contributed by atoms with Gasteiger partial charge in [-0.1, -0.05) is 60.7 Å². The maximum Gasteiger partial charge on any atom is 0.151 e. The van der Waals surface area contributed by atoms with Crippen molar-refractivity contribution < 1.29 is 4.74 Å². The average molecular weight is 524 g/mol. The summed E-state index contributed by atoms with van der Waals surface area (Å²) in [5.74, 6) is 1.67. The summed E-state index contributed by atoms with van der Waals surface area (Å²) in [6.07, 6.45) is 3.66. The predicted octanol–water partition coefficient (Wildman–Crippen LogP) is 8.87.